The van der Waals surface area contributed by atoms with E-state index in [0.29, 0.717) is 24.4 Å². The zero-order valence-electron chi connectivity index (χ0n) is 16.2. The van der Waals surface area contributed by atoms with Gasteiger partial charge in [-0.15, -0.1) is 0 Å². The Kier molecular flexibility index (Phi) is 5.61. The number of anilines is 3. The molecule has 1 aromatic heterocycles. The average molecular weight is 389 g/mol. The van der Waals surface area contributed by atoms with E-state index in [4.69, 9.17) is 9.47 Å². The first kappa shape index (κ1) is 18.8. The molecular weight excluding hydrogens is 366 g/mol. The summed E-state index contributed by atoms with van der Waals surface area (Å²) < 4.78 is 10.8. The molecule has 4 rings (SSSR count). The number of methoxy groups -OCH3 is 1. The fourth-order valence-corrected chi connectivity index (χ4v) is 3.50. The maximum Gasteiger partial charge on any atom is 0.340 e. The van der Waals surface area contributed by atoms with E-state index in [1.165, 1.54) is 7.11 Å². The van der Waals surface area contributed by atoms with Crippen molar-refractivity contribution in [3.05, 3.63) is 78.1 Å². The molecular formula is C23H23N3O3. The molecule has 0 bridgehead atoms. The van der Waals surface area contributed by atoms with E-state index >= 15 is 0 Å². The summed E-state index contributed by atoms with van der Waals surface area (Å²) in [5.74, 6) is 0.789. The number of rotatable bonds is 6. The van der Waals surface area contributed by atoms with Crippen LogP contribution in [0.3, 0.4) is 0 Å². The maximum absolute atomic E-state index is 12.0. The van der Waals surface area contributed by atoms with Crippen LogP contribution in [0.2, 0.25) is 0 Å². The standard InChI is InChI=1S/C23H23N3O3/c1-28-23(27)20-9-11-24-15-21(20)25-14-16-10-12-29-22-13-18(7-8-19(16)22)26-17-5-3-2-4-6-17/h2-9,11,13,15-16,25-26H,10,12,14H2,1H3. The highest BCUT2D eigenvalue weighted by molar-refractivity contribution is 5.95. The Labute approximate surface area is 169 Å². The van der Waals surface area contributed by atoms with Crippen LogP contribution in [0.4, 0.5) is 17.1 Å². The largest absolute Gasteiger partial charge is 0.493 e. The van der Waals surface area contributed by atoms with Crippen LogP contribution in [0.15, 0.2) is 67.0 Å². The second kappa shape index (κ2) is 8.65. The second-order valence-corrected chi connectivity index (χ2v) is 6.87. The topological polar surface area (TPSA) is 72.5 Å². The van der Waals surface area contributed by atoms with E-state index in [1.54, 1.807) is 18.5 Å². The minimum absolute atomic E-state index is 0.273. The molecule has 2 N–H and O–H groups in total. The van der Waals surface area contributed by atoms with Crippen molar-refractivity contribution >= 4 is 23.0 Å². The molecule has 6 nitrogen and oxygen atoms in total. The first-order valence-corrected chi connectivity index (χ1v) is 9.59. The summed E-state index contributed by atoms with van der Waals surface area (Å²) in [6, 6.07) is 17.9. The van der Waals surface area contributed by atoms with Gasteiger partial charge in [-0.25, -0.2) is 4.79 Å². The third-order valence-electron chi connectivity index (χ3n) is 5.01. The van der Waals surface area contributed by atoms with Crippen molar-refractivity contribution in [1.29, 1.82) is 0 Å². The lowest BCUT2D eigenvalue weighted by molar-refractivity contribution is 0.0601. The highest BCUT2D eigenvalue weighted by Crippen LogP contribution is 2.36. The maximum atomic E-state index is 12.0. The van der Waals surface area contributed by atoms with Gasteiger partial charge in [0.25, 0.3) is 0 Å². The van der Waals surface area contributed by atoms with Crippen molar-refractivity contribution < 1.29 is 14.3 Å². The number of carbonyl (C=O) groups is 1. The molecule has 6 heteroatoms. The molecule has 148 valence electrons. The third kappa shape index (κ3) is 4.32. The molecule has 29 heavy (non-hydrogen) atoms. The summed E-state index contributed by atoms with van der Waals surface area (Å²) in [6.07, 6.45) is 4.14. The van der Waals surface area contributed by atoms with Crippen LogP contribution in [0.1, 0.15) is 28.3 Å². The second-order valence-electron chi connectivity index (χ2n) is 6.87. The third-order valence-corrected chi connectivity index (χ3v) is 5.01. The SMILES string of the molecule is COC(=O)c1ccncc1NCC1CCOc2cc(Nc3ccccc3)ccc21. The van der Waals surface area contributed by atoms with Crippen LogP contribution in [-0.2, 0) is 4.74 Å². The molecule has 1 atom stereocenters. The number of hydrogen-bond acceptors (Lipinski definition) is 6. The monoisotopic (exact) mass is 389 g/mol. The number of ether oxygens (including phenoxy) is 2. The van der Waals surface area contributed by atoms with Gasteiger partial charge in [0.1, 0.15) is 5.75 Å². The predicted octanol–water partition coefficient (Wildman–Crippen LogP) is 4.59. The molecule has 2 aromatic carbocycles. The lowest BCUT2D eigenvalue weighted by atomic mass is 9.92. The van der Waals surface area contributed by atoms with Gasteiger partial charge in [-0.05, 0) is 36.2 Å². The number of pyridine rings is 1. The normalized spacial score (nSPS) is 15.0. The van der Waals surface area contributed by atoms with Crippen molar-refractivity contribution in [2.24, 2.45) is 0 Å². The molecule has 0 saturated heterocycles. The van der Waals surface area contributed by atoms with Gasteiger partial charge in [-0.2, -0.15) is 0 Å². The fourth-order valence-electron chi connectivity index (χ4n) is 3.50. The molecule has 0 amide bonds. The van der Waals surface area contributed by atoms with Gasteiger partial charge in [0.15, 0.2) is 0 Å². The number of nitrogens with one attached hydrogen (secondary N) is 2. The summed E-state index contributed by atoms with van der Waals surface area (Å²) >= 11 is 0. The Hall–Kier alpha value is -3.54. The van der Waals surface area contributed by atoms with Crippen molar-refractivity contribution in [3.63, 3.8) is 0 Å². The fraction of sp³-hybridized carbons (Fsp3) is 0.217. The van der Waals surface area contributed by atoms with Crippen LogP contribution < -0.4 is 15.4 Å². The Morgan fingerprint density at radius 3 is 2.86 bits per heavy atom. The van der Waals surface area contributed by atoms with E-state index in [9.17, 15) is 4.79 Å². The summed E-state index contributed by atoms with van der Waals surface area (Å²) in [5, 5.41) is 6.76. The molecule has 3 aromatic rings. The lowest BCUT2D eigenvalue weighted by Gasteiger charge is -2.27. The van der Waals surface area contributed by atoms with Crippen LogP contribution in [0.25, 0.3) is 0 Å². The number of benzene rings is 2. The van der Waals surface area contributed by atoms with Gasteiger partial charge >= 0.3 is 5.97 Å². The van der Waals surface area contributed by atoms with E-state index in [1.807, 2.05) is 36.4 Å². The van der Waals surface area contributed by atoms with Crippen LogP contribution in [-0.4, -0.2) is 31.2 Å². The average Bonchev–Trinajstić information content (AvgIpc) is 2.78. The lowest BCUT2D eigenvalue weighted by Crippen LogP contribution is -2.21. The minimum Gasteiger partial charge on any atom is -0.493 e. The van der Waals surface area contributed by atoms with E-state index < -0.39 is 0 Å². The molecule has 0 aliphatic carbocycles. The first-order chi connectivity index (χ1) is 14.2. The van der Waals surface area contributed by atoms with Gasteiger partial charge in [0.05, 0.1) is 31.2 Å². The summed E-state index contributed by atoms with van der Waals surface area (Å²) in [4.78, 5) is 16.1. The van der Waals surface area contributed by atoms with Crippen molar-refractivity contribution in [2.75, 3.05) is 30.9 Å². The van der Waals surface area contributed by atoms with Crippen LogP contribution >= 0.6 is 0 Å². The van der Waals surface area contributed by atoms with Gasteiger partial charge in [0, 0.05) is 36.1 Å². The van der Waals surface area contributed by atoms with Crippen molar-refractivity contribution in [2.45, 2.75) is 12.3 Å². The molecule has 0 saturated carbocycles. The first-order valence-electron chi connectivity index (χ1n) is 9.59. The smallest absolute Gasteiger partial charge is 0.340 e. The highest BCUT2D eigenvalue weighted by atomic mass is 16.5. The van der Waals surface area contributed by atoms with Gasteiger partial charge in [0.2, 0.25) is 0 Å². The van der Waals surface area contributed by atoms with E-state index in [-0.39, 0.29) is 11.9 Å². The number of carbonyl (C=O) groups excluding carboxylic acids is 1. The Morgan fingerprint density at radius 2 is 2.03 bits per heavy atom. The Balaban J connectivity index is 1.48. The van der Waals surface area contributed by atoms with Crippen molar-refractivity contribution in [3.8, 4) is 5.75 Å². The van der Waals surface area contributed by atoms with Crippen LogP contribution in [0, 0.1) is 0 Å². The summed E-state index contributed by atoms with van der Waals surface area (Å²) in [7, 11) is 1.38. The highest BCUT2D eigenvalue weighted by Gasteiger charge is 2.22. The van der Waals surface area contributed by atoms with Crippen molar-refractivity contribution in [1.82, 2.24) is 4.98 Å². The minimum atomic E-state index is -0.376. The van der Waals surface area contributed by atoms with Gasteiger partial charge in [-0.3, -0.25) is 4.98 Å². The van der Waals surface area contributed by atoms with E-state index in [0.717, 1.165) is 29.1 Å². The molecule has 1 aliphatic rings. The number of nitrogens with zero attached hydrogens (tertiary/aromatic N) is 1. The summed E-state index contributed by atoms with van der Waals surface area (Å²) in [6.45, 7) is 1.34. The number of hydrogen-bond donors (Lipinski definition) is 2. The number of aromatic nitrogens is 1. The molecule has 0 radical (unpaired) electrons. The quantitative estimate of drug-likeness (QED) is 0.601. The Morgan fingerprint density at radius 1 is 1.17 bits per heavy atom. The molecule has 2 heterocycles. The Bertz CT molecular complexity index is 992. The number of fused-ring (bicyclic) bond motifs is 1. The van der Waals surface area contributed by atoms with E-state index in [2.05, 4.69) is 27.8 Å². The number of esters is 1. The molecule has 0 spiro atoms. The molecule has 1 aliphatic heterocycles. The molecule has 0 fully saturated rings. The summed E-state index contributed by atoms with van der Waals surface area (Å²) in [5.41, 5.74) is 4.34. The molecule has 1 unspecified atom stereocenters. The zero-order chi connectivity index (χ0) is 20.1. The van der Waals surface area contributed by atoms with Gasteiger partial charge < -0.3 is 20.1 Å². The van der Waals surface area contributed by atoms with Crippen LogP contribution in [0.5, 0.6) is 5.75 Å². The zero-order valence-corrected chi connectivity index (χ0v) is 16.2. The predicted molar refractivity (Wildman–Crippen MR) is 113 cm³/mol. The van der Waals surface area contributed by atoms with Gasteiger partial charge in [-0.1, -0.05) is 24.3 Å². The number of para-hydroxylation sites is 1.